The van der Waals surface area contributed by atoms with Crippen molar-refractivity contribution in [2.75, 3.05) is 5.32 Å². The highest BCUT2D eigenvalue weighted by Gasteiger charge is 2.15. The maximum absolute atomic E-state index is 12.6. The number of halogens is 1. The number of hydrogen-bond donors (Lipinski definition) is 2. The van der Waals surface area contributed by atoms with Crippen LogP contribution in [0.15, 0.2) is 84.2 Å². The molecule has 0 aliphatic carbocycles. The molecule has 2 aromatic carbocycles. The van der Waals surface area contributed by atoms with E-state index in [4.69, 9.17) is 11.6 Å². The van der Waals surface area contributed by atoms with E-state index in [2.05, 4.69) is 42.0 Å². The third kappa shape index (κ3) is 4.49. The molecule has 1 unspecified atom stereocenters. The molecule has 0 radical (unpaired) electrons. The highest BCUT2D eigenvalue weighted by Crippen LogP contribution is 2.24. The first-order valence-corrected chi connectivity index (χ1v) is 10.9. The molecule has 5 rings (SSSR count). The third-order valence-corrected chi connectivity index (χ3v) is 5.65. The van der Waals surface area contributed by atoms with Crippen molar-refractivity contribution in [3.05, 3.63) is 106 Å². The highest BCUT2D eigenvalue weighted by atomic mass is 35.5. The van der Waals surface area contributed by atoms with Gasteiger partial charge in [-0.05, 0) is 42.8 Å². The van der Waals surface area contributed by atoms with Crippen LogP contribution in [0.25, 0.3) is 22.3 Å². The number of anilines is 1. The van der Waals surface area contributed by atoms with Crippen LogP contribution in [0.1, 0.15) is 24.2 Å². The minimum Gasteiger partial charge on any atom is -0.362 e. The van der Waals surface area contributed by atoms with Crippen molar-refractivity contribution in [2.24, 2.45) is 0 Å². The number of rotatable bonds is 6. The fourth-order valence-electron chi connectivity index (χ4n) is 3.79. The van der Waals surface area contributed by atoms with Crippen molar-refractivity contribution in [1.82, 2.24) is 24.5 Å². The van der Waals surface area contributed by atoms with Crippen molar-refractivity contribution in [3.8, 4) is 11.3 Å². The fraction of sp³-hybridized carbons (Fsp3) is 0.120. The lowest BCUT2D eigenvalue weighted by Gasteiger charge is -2.15. The Morgan fingerprint density at radius 3 is 2.82 bits per heavy atom. The van der Waals surface area contributed by atoms with Gasteiger partial charge in [-0.2, -0.15) is 0 Å². The van der Waals surface area contributed by atoms with Gasteiger partial charge in [-0.15, -0.1) is 0 Å². The zero-order valence-corrected chi connectivity index (χ0v) is 18.6. The summed E-state index contributed by atoms with van der Waals surface area (Å²) in [6.45, 7) is 2.60. The minimum atomic E-state index is -0.367. The van der Waals surface area contributed by atoms with E-state index in [-0.39, 0.29) is 11.6 Å². The summed E-state index contributed by atoms with van der Waals surface area (Å²) in [5.41, 5.74) is 4.55. The Morgan fingerprint density at radius 2 is 1.97 bits per heavy atom. The molecule has 0 aliphatic heterocycles. The van der Waals surface area contributed by atoms with Crippen molar-refractivity contribution in [3.63, 3.8) is 0 Å². The normalized spacial score (nSPS) is 12.1. The van der Waals surface area contributed by atoms with Crippen LogP contribution in [0.2, 0.25) is 5.02 Å². The number of pyridine rings is 1. The van der Waals surface area contributed by atoms with Gasteiger partial charge in [0.1, 0.15) is 11.5 Å². The second-order valence-corrected chi connectivity index (χ2v) is 8.24. The summed E-state index contributed by atoms with van der Waals surface area (Å²) in [5.74, 6) is 0.639. The van der Waals surface area contributed by atoms with E-state index in [9.17, 15) is 4.79 Å². The smallest absolute Gasteiger partial charge is 0.272 e. The summed E-state index contributed by atoms with van der Waals surface area (Å²) in [5, 5.41) is 3.86. The number of fused-ring (bicyclic) bond motifs is 1. The number of aromatic nitrogens is 5. The van der Waals surface area contributed by atoms with Gasteiger partial charge in [-0.1, -0.05) is 41.9 Å². The second kappa shape index (κ2) is 8.88. The predicted octanol–water partition coefficient (Wildman–Crippen LogP) is 5.06. The maximum atomic E-state index is 12.6. The van der Waals surface area contributed by atoms with E-state index in [1.54, 1.807) is 24.4 Å². The maximum Gasteiger partial charge on any atom is 0.272 e. The van der Waals surface area contributed by atoms with E-state index in [0.717, 1.165) is 17.8 Å². The summed E-state index contributed by atoms with van der Waals surface area (Å²) in [4.78, 5) is 28.8. The number of H-pyrrole nitrogens is 1. The largest absolute Gasteiger partial charge is 0.362 e. The molecule has 0 fully saturated rings. The zero-order chi connectivity index (χ0) is 22.8. The monoisotopic (exact) mass is 456 g/mol. The minimum absolute atomic E-state index is 0.248. The molecule has 3 aromatic heterocycles. The van der Waals surface area contributed by atoms with E-state index < -0.39 is 0 Å². The van der Waals surface area contributed by atoms with E-state index in [0.29, 0.717) is 27.6 Å². The molecule has 5 aromatic rings. The van der Waals surface area contributed by atoms with E-state index >= 15 is 0 Å². The first-order chi connectivity index (χ1) is 16.1. The molecule has 1 atom stereocenters. The molecule has 0 amide bonds. The Labute approximate surface area is 195 Å². The van der Waals surface area contributed by atoms with E-state index in [1.165, 1.54) is 5.56 Å². The van der Waals surface area contributed by atoms with Crippen molar-refractivity contribution in [1.29, 1.82) is 0 Å². The Bertz CT molecular complexity index is 1480. The molecule has 0 bridgehead atoms. The van der Waals surface area contributed by atoms with Crippen LogP contribution in [0.5, 0.6) is 0 Å². The number of nitrogens with one attached hydrogen (secondary N) is 2. The Morgan fingerprint density at radius 1 is 1.12 bits per heavy atom. The Hall–Kier alpha value is -3.97. The zero-order valence-electron chi connectivity index (χ0n) is 17.9. The van der Waals surface area contributed by atoms with Gasteiger partial charge in [-0.25, -0.2) is 15.0 Å². The van der Waals surface area contributed by atoms with Crippen LogP contribution in [0.4, 0.5) is 5.82 Å². The third-order valence-electron chi connectivity index (χ3n) is 5.42. The first-order valence-electron chi connectivity index (χ1n) is 10.5. The number of nitrogens with zero attached hydrogens (tertiary/aromatic N) is 4. The van der Waals surface area contributed by atoms with Gasteiger partial charge in [0, 0.05) is 23.3 Å². The molecule has 33 heavy (non-hydrogen) atoms. The molecule has 0 saturated carbocycles. The van der Waals surface area contributed by atoms with Crippen LogP contribution in [-0.4, -0.2) is 24.5 Å². The van der Waals surface area contributed by atoms with Gasteiger partial charge in [0.25, 0.3) is 5.56 Å². The summed E-state index contributed by atoms with van der Waals surface area (Å²) in [7, 11) is 0. The average molecular weight is 457 g/mol. The van der Waals surface area contributed by atoms with Gasteiger partial charge in [0.05, 0.1) is 35.3 Å². The van der Waals surface area contributed by atoms with Crippen LogP contribution < -0.4 is 10.9 Å². The topological polar surface area (TPSA) is 88.5 Å². The lowest BCUT2D eigenvalue weighted by Crippen LogP contribution is -2.22. The van der Waals surface area contributed by atoms with Crippen LogP contribution in [0.3, 0.4) is 0 Å². The van der Waals surface area contributed by atoms with Crippen LogP contribution in [0, 0.1) is 0 Å². The SMILES string of the molecule is CC(Nc1cc(-c2cncn2Cc2ccccc2)ccn1)c1nc2cc(Cl)ccc2[nH]c1=O. The molecular weight excluding hydrogens is 436 g/mol. The van der Waals surface area contributed by atoms with Crippen LogP contribution in [-0.2, 0) is 6.54 Å². The molecule has 0 spiro atoms. The number of imidazole rings is 1. The number of aromatic amines is 1. The van der Waals surface area contributed by atoms with Gasteiger partial charge in [0.2, 0.25) is 0 Å². The fourth-order valence-corrected chi connectivity index (χ4v) is 3.96. The van der Waals surface area contributed by atoms with Gasteiger partial charge >= 0.3 is 0 Å². The molecule has 3 heterocycles. The van der Waals surface area contributed by atoms with Crippen molar-refractivity contribution < 1.29 is 0 Å². The lowest BCUT2D eigenvalue weighted by molar-refractivity contribution is 0.803. The van der Waals surface area contributed by atoms with Crippen molar-refractivity contribution >= 4 is 28.5 Å². The molecular formula is C25H21ClN6O. The Kier molecular flexibility index (Phi) is 5.62. The van der Waals surface area contributed by atoms with Gasteiger partial charge in [-0.3, -0.25) is 4.79 Å². The highest BCUT2D eigenvalue weighted by molar-refractivity contribution is 6.31. The number of benzene rings is 2. The molecule has 164 valence electrons. The quantitative estimate of drug-likeness (QED) is 0.373. The Balaban J connectivity index is 1.41. The van der Waals surface area contributed by atoms with Crippen LogP contribution >= 0.6 is 11.6 Å². The first kappa shape index (κ1) is 20.9. The van der Waals surface area contributed by atoms with Crippen molar-refractivity contribution in [2.45, 2.75) is 19.5 Å². The average Bonchev–Trinajstić information content (AvgIpc) is 3.28. The summed E-state index contributed by atoms with van der Waals surface area (Å²) in [6, 6.07) is 19.0. The summed E-state index contributed by atoms with van der Waals surface area (Å²) >= 11 is 6.09. The molecule has 2 N–H and O–H groups in total. The molecule has 0 aliphatic rings. The summed E-state index contributed by atoms with van der Waals surface area (Å²) < 4.78 is 2.09. The standard InChI is InChI=1S/C25H21ClN6O/c1-16(24-25(33)31-20-8-7-19(26)12-21(20)30-24)29-23-11-18(9-10-28-23)22-13-27-15-32(22)14-17-5-3-2-4-6-17/h2-13,15-16H,14H2,1H3,(H,28,29)(H,31,33). The number of hydrogen-bond acceptors (Lipinski definition) is 5. The molecule has 7 nitrogen and oxygen atoms in total. The molecule has 0 saturated heterocycles. The van der Waals surface area contributed by atoms with Gasteiger partial charge in [0.15, 0.2) is 0 Å². The lowest BCUT2D eigenvalue weighted by atomic mass is 10.1. The summed E-state index contributed by atoms with van der Waals surface area (Å²) in [6.07, 6.45) is 5.40. The van der Waals surface area contributed by atoms with E-state index in [1.807, 2.05) is 49.8 Å². The molecule has 8 heteroatoms. The van der Waals surface area contributed by atoms with Gasteiger partial charge < -0.3 is 14.9 Å². The predicted molar refractivity (Wildman–Crippen MR) is 130 cm³/mol. The second-order valence-electron chi connectivity index (χ2n) is 7.80.